The van der Waals surface area contributed by atoms with Gasteiger partial charge in [-0.15, -0.1) is 0 Å². The van der Waals surface area contributed by atoms with Crippen molar-refractivity contribution in [2.45, 2.75) is 30.5 Å². The summed E-state index contributed by atoms with van der Waals surface area (Å²) in [6.45, 7) is -0.275. The third kappa shape index (κ3) is 3.53. The molecule has 0 aromatic rings. The number of amides is 1. The van der Waals surface area contributed by atoms with E-state index in [2.05, 4.69) is 0 Å². The quantitative estimate of drug-likeness (QED) is 0.795. The first-order valence-electron chi connectivity index (χ1n) is 5.50. The fraction of sp³-hybridized carbons (Fsp3) is 0.900. The minimum absolute atomic E-state index is 0.0716. The molecule has 0 unspecified atom stereocenters. The maximum Gasteiger partial charge on any atom is 0.463 e. The fourth-order valence-electron chi connectivity index (χ4n) is 1.78. The molecule has 0 radical (unpaired) electrons. The van der Waals surface area contributed by atoms with E-state index >= 15 is 0 Å². The standard InChI is InChI=1S/C10H14F5NO3/c1-16(6-8(18)2-4-19-5-3-8)7(17)9(11,12)10(13,14)15/h18H,2-6H2,1H3. The molecule has 1 fully saturated rings. The van der Waals surface area contributed by atoms with Gasteiger partial charge >= 0.3 is 18.0 Å². The van der Waals surface area contributed by atoms with E-state index in [1.165, 1.54) is 0 Å². The van der Waals surface area contributed by atoms with Crippen molar-refractivity contribution in [3.8, 4) is 0 Å². The lowest BCUT2D eigenvalue weighted by Gasteiger charge is -2.36. The summed E-state index contributed by atoms with van der Waals surface area (Å²) >= 11 is 0. The number of halogens is 5. The van der Waals surface area contributed by atoms with Crippen molar-refractivity contribution in [1.82, 2.24) is 4.90 Å². The van der Waals surface area contributed by atoms with Crippen LogP contribution in [0, 0.1) is 0 Å². The predicted molar refractivity (Wildman–Crippen MR) is 53.6 cm³/mol. The smallest absolute Gasteiger partial charge is 0.388 e. The Balaban J connectivity index is 2.72. The van der Waals surface area contributed by atoms with Crippen LogP contribution in [-0.4, -0.2) is 60.4 Å². The molecule has 1 amide bonds. The molecule has 1 heterocycles. The molecule has 112 valence electrons. The minimum atomic E-state index is -5.95. The molecule has 0 aliphatic carbocycles. The molecule has 1 saturated heterocycles. The van der Waals surface area contributed by atoms with Gasteiger partial charge in [0.2, 0.25) is 0 Å². The predicted octanol–water partition coefficient (Wildman–Crippen LogP) is 1.18. The number of rotatable bonds is 3. The van der Waals surface area contributed by atoms with Crippen LogP contribution in [0.15, 0.2) is 0 Å². The normalized spacial score (nSPS) is 20.2. The Morgan fingerprint density at radius 3 is 2.16 bits per heavy atom. The van der Waals surface area contributed by atoms with E-state index in [0.29, 0.717) is 0 Å². The SMILES string of the molecule is CN(CC1(O)CCOCC1)C(=O)C(F)(F)C(F)(F)F. The lowest BCUT2D eigenvalue weighted by Crippen LogP contribution is -2.55. The molecule has 0 atom stereocenters. The molecule has 1 N–H and O–H groups in total. The average molecular weight is 291 g/mol. The van der Waals surface area contributed by atoms with Gasteiger partial charge in [-0.3, -0.25) is 4.79 Å². The third-order valence-corrected chi connectivity index (χ3v) is 2.93. The Labute approximate surface area is 106 Å². The van der Waals surface area contributed by atoms with Gasteiger partial charge in [0.15, 0.2) is 0 Å². The van der Waals surface area contributed by atoms with Crippen molar-refractivity contribution in [3.05, 3.63) is 0 Å². The summed E-state index contributed by atoms with van der Waals surface area (Å²) < 4.78 is 66.7. The number of ether oxygens (including phenoxy) is 1. The van der Waals surface area contributed by atoms with Crippen LogP contribution in [0.1, 0.15) is 12.8 Å². The molecule has 1 aliphatic heterocycles. The number of hydrogen-bond donors (Lipinski definition) is 1. The highest BCUT2D eigenvalue weighted by molar-refractivity contribution is 5.84. The molecule has 0 spiro atoms. The van der Waals surface area contributed by atoms with Crippen molar-refractivity contribution in [3.63, 3.8) is 0 Å². The average Bonchev–Trinajstić information content (AvgIpc) is 2.26. The Bertz CT molecular complexity index is 339. The minimum Gasteiger partial charge on any atom is -0.388 e. The first-order chi connectivity index (χ1) is 8.50. The largest absolute Gasteiger partial charge is 0.463 e. The third-order valence-electron chi connectivity index (χ3n) is 2.93. The van der Waals surface area contributed by atoms with Crippen LogP contribution in [0.5, 0.6) is 0 Å². The zero-order valence-electron chi connectivity index (χ0n) is 10.1. The molecule has 0 aromatic heterocycles. The highest BCUT2D eigenvalue weighted by atomic mass is 19.4. The van der Waals surface area contributed by atoms with Crippen molar-refractivity contribution < 1.29 is 36.6 Å². The van der Waals surface area contributed by atoms with Gasteiger partial charge in [-0.2, -0.15) is 22.0 Å². The van der Waals surface area contributed by atoms with E-state index in [-0.39, 0.29) is 31.0 Å². The van der Waals surface area contributed by atoms with Crippen LogP contribution < -0.4 is 0 Å². The lowest BCUT2D eigenvalue weighted by molar-refractivity contribution is -0.274. The van der Waals surface area contributed by atoms with Gasteiger partial charge in [0, 0.05) is 39.6 Å². The number of carbonyl (C=O) groups excluding carboxylic acids is 1. The Hall–Kier alpha value is -0.960. The van der Waals surface area contributed by atoms with Crippen LogP contribution in [0.2, 0.25) is 0 Å². The second-order valence-electron chi connectivity index (χ2n) is 4.57. The maximum atomic E-state index is 12.8. The van der Waals surface area contributed by atoms with E-state index in [1.54, 1.807) is 0 Å². The number of carbonyl (C=O) groups is 1. The van der Waals surface area contributed by atoms with Gasteiger partial charge in [0.05, 0.1) is 5.60 Å². The highest BCUT2D eigenvalue weighted by Gasteiger charge is 2.64. The van der Waals surface area contributed by atoms with E-state index in [4.69, 9.17) is 4.74 Å². The van der Waals surface area contributed by atoms with Crippen LogP contribution in [0.25, 0.3) is 0 Å². The van der Waals surface area contributed by atoms with E-state index < -0.39 is 30.2 Å². The van der Waals surface area contributed by atoms with Crippen LogP contribution >= 0.6 is 0 Å². The fourth-order valence-corrected chi connectivity index (χ4v) is 1.78. The van der Waals surface area contributed by atoms with Gasteiger partial charge in [-0.1, -0.05) is 0 Å². The summed E-state index contributed by atoms with van der Waals surface area (Å²) in [6.07, 6.45) is -5.80. The second-order valence-corrected chi connectivity index (χ2v) is 4.57. The van der Waals surface area contributed by atoms with Crippen molar-refractivity contribution in [2.24, 2.45) is 0 Å². The van der Waals surface area contributed by atoms with Crippen LogP contribution in [0.4, 0.5) is 22.0 Å². The molecule has 1 rings (SSSR count). The number of likely N-dealkylation sites (N-methyl/N-ethyl adjacent to an activating group) is 1. The Morgan fingerprint density at radius 1 is 1.26 bits per heavy atom. The second kappa shape index (κ2) is 5.20. The monoisotopic (exact) mass is 291 g/mol. The zero-order chi connectivity index (χ0) is 14.9. The molecule has 1 aliphatic rings. The maximum absolute atomic E-state index is 12.8. The number of nitrogens with zero attached hydrogens (tertiary/aromatic N) is 1. The summed E-state index contributed by atoms with van der Waals surface area (Å²) in [7, 11) is 0.801. The summed E-state index contributed by atoms with van der Waals surface area (Å²) in [5.41, 5.74) is -1.50. The summed E-state index contributed by atoms with van der Waals surface area (Å²) in [5.74, 6) is -7.83. The molecular formula is C10H14F5NO3. The molecule has 19 heavy (non-hydrogen) atoms. The molecule has 9 heteroatoms. The summed E-state index contributed by atoms with van der Waals surface area (Å²) in [4.78, 5) is 11.3. The molecular weight excluding hydrogens is 277 g/mol. The van der Waals surface area contributed by atoms with Crippen molar-refractivity contribution >= 4 is 5.91 Å². The zero-order valence-corrected chi connectivity index (χ0v) is 10.1. The van der Waals surface area contributed by atoms with Crippen LogP contribution in [-0.2, 0) is 9.53 Å². The van der Waals surface area contributed by atoms with E-state index in [1.807, 2.05) is 0 Å². The van der Waals surface area contributed by atoms with Gasteiger partial charge in [0.25, 0.3) is 0 Å². The van der Waals surface area contributed by atoms with Gasteiger partial charge in [-0.25, -0.2) is 0 Å². The molecule has 0 saturated carbocycles. The van der Waals surface area contributed by atoms with Crippen molar-refractivity contribution in [2.75, 3.05) is 26.8 Å². The van der Waals surface area contributed by atoms with Crippen LogP contribution in [0.3, 0.4) is 0 Å². The molecule has 4 nitrogen and oxygen atoms in total. The van der Waals surface area contributed by atoms with Crippen molar-refractivity contribution in [1.29, 1.82) is 0 Å². The Morgan fingerprint density at radius 2 is 1.74 bits per heavy atom. The summed E-state index contributed by atoms with van der Waals surface area (Å²) in [5, 5.41) is 9.96. The molecule has 0 bridgehead atoms. The van der Waals surface area contributed by atoms with Gasteiger partial charge in [-0.05, 0) is 0 Å². The van der Waals surface area contributed by atoms with E-state index in [9.17, 15) is 31.9 Å². The Kier molecular flexibility index (Phi) is 4.40. The van der Waals surface area contributed by atoms with E-state index in [0.717, 1.165) is 7.05 Å². The topological polar surface area (TPSA) is 49.8 Å². The lowest BCUT2D eigenvalue weighted by atomic mass is 9.94. The number of aliphatic hydroxyl groups is 1. The van der Waals surface area contributed by atoms with Gasteiger partial charge in [0.1, 0.15) is 0 Å². The first kappa shape index (κ1) is 16.1. The first-order valence-corrected chi connectivity index (χ1v) is 5.50. The highest BCUT2D eigenvalue weighted by Crippen LogP contribution is 2.37. The summed E-state index contributed by atoms with van der Waals surface area (Å²) in [6, 6.07) is 0. The van der Waals surface area contributed by atoms with Gasteiger partial charge < -0.3 is 14.7 Å². The number of alkyl halides is 5. The number of hydrogen-bond acceptors (Lipinski definition) is 3. The molecule has 0 aromatic carbocycles.